The van der Waals surface area contributed by atoms with Crippen molar-refractivity contribution in [3.8, 4) is 0 Å². The van der Waals surface area contributed by atoms with Gasteiger partial charge in [0.1, 0.15) is 11.8 Å². The molecule has 2 aromatic heterocycles. The molecule has 0 aliphatic rings. The average molecular weight is 283 g/mol. The van der Waals surface area contributed by atoms with Gasteiger partial charge in [-0.05, 0) is 11.1 Å². The molecule has 0 unspecified atom stereocenters. The van der Waals surface area contributed by atoms with Gasteiger partial charge in [-0.2, -0.15) is 0 Å². The van der Waals surface area contributed by atoms with E-state index in [1.165, 1.54) is 6.33 Å². The van der Waals surface area contributed by atoms with Crippen LogP contribution in [0.2, 0.25) is 0 Å². The van der Waals surface area contributed by atoms with Crippen LogP contribution in [0, 0.1) is 0 Å². The highest BCUT2D eigenvalue weighted by Crippen LogP contribution is 2.17. The third kappa shape index (κ3) is 2.81. The van der Waals surface area contributed by atoms with E-state index >= 15 is 0 Å². The van der Waals surface area contributed by atoms with Crippen LogP contribution < -0.4 is 5.32 Å². The van der Waals surface area contributed by atoms with Gasteiger partial charge in [-0.15, -0.1) is 0 Å². The highest BCUT2D eigenvalue weighted by Gasteiger charge is 2.08. The number of H-pyrrole nitrogens is 1. The number of aliphatic carboxylic acids is 1. The number of hydrogen-bond acceptors (Lipinski definition) is 5. The maximum absolute atomic E-state index is 10.9. The predicted octanol–water partition coefficient (Wildman–Crippen LogP) is 1.59. The Labute approximate surface area is 120 Å². The van der Waals surface area contributed by atoms with Crippen molar-refractivity contribution in [3.05, 3.63) is 48.0 Å². The quantitative estimate of drug-likeness (QED) is 0.657. The van der Waals surface area contributed by atoms with E-state index < -0.39 is 5.97 Å². The molecule has 0 bridgehead atoms. The summed E-state index contributed by atoms with van der Waals surface area (Å²) in [7, 11) is 0. The fraction of sp³-hybridized carbons (Fsp3) is 0.143. The highest BCUT2D eigenvalue weighted by atomic mass is 16.4. The first-order valence-electron chi connectivity index (χ1n) is 6.40. The Kier molecular flexibility index (Phi) is 3.46. The van der Waals surface area contributed by atoms with Crippen LogP contribution in [0.4, 0.5) is 5.82 Å². The van der Waals surface area contributed by atoms with Crippen molar-refractivity contribution in [1.82, 2.24) is 19.9 Å². The molecule has 0 saturated heterocycles. The van der Waals surface area contributed by atoms with Crippen molar-refractivity contribution in [2.45, 2.75) is 13.0 Å². The van der Waals surface area contributed by atoms with Crippen LogP contribution >= 0.6 is 0 Å². The van der Waals surface area contributed by atoms with Crippen LogP contribution in [-0.4, -0.2) is 31.0 Å². The zero-order valence-corrected chi connectivity index (χ0v) is 11.1. The monoisotopic (exact) mass is 283 g/mol. The summed E-state index contributed by atoms with van der Waals surface area (Å²) in [6.07, 6.45) is 3.00. The third-order valence-electron chi connectivity index (χ3n) is 3.13. The summed E-state index contributed by atoms with van der Waals surface area (Å²) in [5, 5.41) is 12.1. The maximum atomic E-state index is 10.9. The van der Waals surface area contributed by atoms with E-state index in [0.29, 0.717) is 18.0 Å². The molecule has 7 nitrogen and oxygen atoms in total. The second-order valence-electron chi connectivity index (χ2n) is 4.52. The molecule has 2 heterocycles. The van der Waals surface area contributed by atoms with Gasteiger partial charge in [0.15, 0.2) is 11.5 Å². The van der Waals surface area contributed by atoms with Crippen molar-refractivity contribution in [1.29, 1.82) is 0 Å². The fourth-order valence-electron chi connectivity index (χ4n) is 2.14. The number of rotatable bonds is 5. The number of carboxylic acids is 1. The molecular formula is C14H13N5O2. The SMILES string of the molecule is O=C(O)Cc1ccccc1CNc1ncnc2nc[nH]c12. The Bertz CT molecular complexity index is 784. The van der Waals surface area contributed by atoms with E-state index in [2.05, 4.69) is 25.3 Å². The van der Waals surface area contributed by atoms with Crippen LogP contribution in [-0.2, 0) is 17.8 Å². The highest BCUT2D eigenvalue weighted by molar-refractivity contribution is 5.81. The topological polar surface area (TPSA) is 104 Å². The van der Waals surface area contributed by atoms with Gasteiger partial charge in [0.05, 0.1) is 12.7 Å². The van der Waals surface area contributed by atoms with E-state index in [4.69, 9.17) is 5.11 Å². The van der Waals surface area contributed by atoms with Crippen LogP contribution in [0.1, 0.15) is 11.1 Å². The first kappa shape index (κ1) is 13.0. The number of nitrogens with zero attached hydrogens (tertiary/aromatic N) is 3. The lowest BCUT2D eigenvalue weighted by Gasteiger charge is -2.10. The number of carbonyl (C=O) groups is 1. The predicted molar refractivity (Wildman–Crippen MR) is 76.8 cm³/mol. The van der Waals surface area contributed by atoms with Crippen molar-refractivity contribution >= 4 is 23.0 Å². The number of aromatic amines is 1. The number of imidazole rings is 1. The number of hydrogen-bond donors (Lipinski definition) is 3. The zero-order chi connectivity index (χ0) is 14.7. The summed E-state index contributed by atoms with van der Waals surface area (Å²) in [6, 6.07) is 7.43. The van der Waals surface area contributed by atoms with E-state index in [1.54, 1.807) is 6.33 Å². The molecule has 106 valence electrons. The molecule has 3 N–H and O–H groups in total. The number of fused-ring (bicyclic) bond motifs is 1. The van der Waals surface area contributed by atoms with Crippen LogP contribution in [0.3, 0.4) is 0 Å². The van der Waals surface area contributed by atoms with E-state index in [1.807, 2.05) is 24.3 Å². The minimum absolute atomic E-state index is 0.00109. The first-order valence-corrected chi connectivity index (χ1v) is 6.40. The molecule has 3 aromatic rings. The van der Waals surface area contributed by atoms with Crippen molar-refractivity contribution < 1.29 is 9.90 Å². The minimum atomic E-state index is -0.847. The summed E-state index contributed by atoms with van der Waals surface area (Å²) >= 11 is 0. The van der Waals surface area contributed by atoms with Crippen molar-refractivity contribution in [2.24, 2.45) is 0 Å². The largest absolute Gasteiger partial charge is 0.481 e. The summed E-state index contributed by atoms with van der Waals surface area (Å²) in [4.78, 5) is 26.1. The lowest BCUT2D eigenvalue weighted by Crippen LogP contribution is -2.08. The van der Waals surface area contributed by atoms with E-state index in [-0.39, 0.29) is 6.42 Å². The van der Waals surface area contributed by atoms with Gasteiger partial charge in [0.25, 0.3) is 0 Å². The van der Waals surface area contributed by atoms with Gasteiger partial charge in [-0.25, -0.2) is 15.0 Å². The second kappa shape index (κ2) is 5.58. The Hall–Kier alpha value is -2.96. The Morgan fingerprint density at radius 3 is 2.81 bits per heavy atom. The molecule has 0 fully saturated rings. The lowest BCUT2D eigenvalue weighted by atomic mass is 10.0. The lowest BCUT2D eigenvalue weighted by molar-refractivity contribution is -0.136. The van der Waals surface area contributed by atoms with Crippen molar-refractivity contribution in [3.63, 3.8) is 0 Å². The molecule has 0 radical (unpaired) electrons. The molecule has 3 rings (SSSR count). The molecule has 0 amide bonds. The molecule has 1 aromatic carbocycles. The number of nitrogens with one attached hydrogen (secondary N) is 2. The molecule has 0 aliphatic heterocycles. The third-order valence-corrected chi connectivity index (χ3v) is 3.13. The number of anilines is 1. The van der Waals surface area contributed by atoms with E-state index in [0.717, 1.165) is 16.6 Å². The average Bonchev–Trinajstić information content (AvgIpc) is 2.95. The Morgan fingerprint density at radius 1 is 1.19 bits per heavy atom. The Morgan fingerprint density at radius 2 is 2.00 bits per heavy atom. The standard InChI is InChI=1S/C14H13N5O2/c20-11(21)5-9-3-1-2-4-10(9)6-15-13-12-14(17-7-16-12)19-8-18-13/h1-4,7-8H,5-6H2,(H,20,21)(H2,15,16,17,18,19). The minimum Gasteiger partial charge on any atom is -0.481 e. The normalized spacial score (nSPS) is 10.7. The molecule has 21 heavy (non-hydrogen) atoms. The fourth-order valence-corrected chi connectivity index (χ4v) is 2.14. The number of aromatic nitrogens is 4. The zero-order valence-electron chi connectivity index (χ0n) is 11.1. The van der Waals surface area contributed by atoms with Gasteiger partial charge in [-0.1, -0.05) is 24.3 Å². The summed E-state index contributed by atoms with van der Waals surface area (Å²) in [5.74, 6) is -0.205. The molecular weight excluding hydrogens is 270 g/mol. The van der Waals surface area contributed by atoms with Crippen LogP contribution in [0.25, 0.3) is 11.2 Å². The van der Waals surface area contributed by atoms with Gasteiger partial charge in [-0.3, -0.25) is 4.79 Å². The van der Waals surface area contributed by atoms with Crippen LogP contribution in [0.5, 0.6) is 0 Å². The van der Waals surface area contributed by atoms with Gasteiger partial charge >= 0.3 is 5.97 Å². The smallest absolute Gasteiger partial charge is 0.307 e. The van der Waals surface area contributed by atoms with Gasteiger partial charge in [0, 0.05) is 6.54 Å². The molecule has 0 saturated carbocycles. The number of carboxylic acid groups (broad SMARTS) is 1. The molecule has 0 spiro atoms. The molecule has 7 heteroatoms. The molecule has 0 aliphatic carbocycles. The second-order valence-corrected chi connectivity index (χ2v) is 4.52. The molecule has 0 atom stereocenters. The summed E-state index contributed by atoms with van der Waals surface area (Å²) in [6.45, 7) is 0.481. The first-order chi connectivity index (χ1) is 10.2. The van der Waals surface area contributed by atoms with Gasteiger partial charge in [0.2, 0.25) is 0 Å². The maximum Gasteiger partial charge on any atom is 0.307 e. The summed E-state index contributed by atoms with van der Waals surface area (Å²) in [5.41, 5.74) is 3.03. The Balaban J connectivity index is 1.82. The van der Waals surface area contributed by atoms with Gasteiger partial charge < -0.3 is 15.4 Å². The van der Waals surface area contributed by atoms with Crippen LogP contribution in [0.15, 0.2) is 36.9 Å². The number of benzene rings is 1. The summed E-state index contributed by atoms with van der Waals surface area (Å²) < 4.78 is 0. The van der Waals surface area contributed by atoms with Crippen molar-refractivity contribution in [2.75, 3.05) is 5.32 Å². The van der Waals surface area contributed by atoms with E-state index in [9.17, 15) is 4.79 Å².